The van der Waals surface area contributed by atoms with E-state index in [4.69, 9.17) is 14.5 Å². The molecule has 0 saturated carbocycles. The Labute approximate surface area is 173 Å². The number of pyridine rings is 1. The molecule has 2 aromatic heterocycles. The van der Waals surface area contributed by atoms with Crippen LogP contribution in [-0.2, 0) is 11.8 Å². The fourth-order valence-corrected chi connectivity index (χ4v) is 3.07. The normalized spacial score (nSPS) is 10.6. The van der Waals surface area contributed by atoms with Crippen LogP contribution in [0.5, 0.6) is 17.2 Å². The van der Waals surface area contributed by atoms with E-state index in [1.165, 1.54) is 4.90 Å². The standard InChI is InChI=1S/C22H21N5O3/c1-26(14-28)21-13-16(10-11-23-21)30-15-8-9-19-18(12-15)25-22(27(19)2)24-17-6-4-5-7-20(17)29-3/h4-14H,1-3H3,(H,24,25). The molecule has 8 heteroatoms. The van der Waals surface area contributed by atoms with Crippen molar-refractivity contribution in [1.82, 2.24) is 14.5 Å². The van der Waals surface area contributed by atoms with Gasteiger partial charge in [-0.2, -0.15) is 0 Å². The monoisotopic (exact) mass is 403 g/mol. The maximum atomic E-state index is 10.9. The topological polar surface area (TPSA) is 81.5 Å². The van der Waals surface area contributed by atoms with Crippen molar-refractivity contribution in [2.75, 3.05) is 24.4 Å². The second-order valence-electron chi connectivity index (χ2n) is 6.64. The lowest BCUT2D eigenvalue weighted by Crippen LogP contribution is -2.14. The maximum Gasteiger partial charge on any atom is 0.215 e. The van der Waals surface area contributed by atoms with Crippen LogP contribution in [0.4, 0.5) is 17.5 Å². The number of aromatic nitrogens is 3. The fraction of sp³-hybridized carbons (Fsp3) is 0.136. The number of benzene rings is 2. The third kappa shape index (κ3) is 3.75. The zero-order valence-electron chi connectivity index (χ0n) is 16.9. The number of methoxy groups -OCH3 is 1. The number of imidazole rings is 1. The van der Waals surface area contributed by atoms with Gasteiger partial charge < -0.3 is 24.3 Å². The molecule has 0 aliphatic heterocycles. The molecule has 4 aromatic rings. The van der Waals surface area contributed by atoms with Gasteiger partial charge in [0, 0.05) is 32.4 Å². The SMILES string of the molecule is COc1ccccc1Nc1nc2cc(Oc3ccnc(N(C)C=O)c3)ccc2n1C. The highest BCUT2D eigenvalue weighted by Gasteiger charge is 2.12. The lowest BCUT2D eigenvalue weighted by Gasteiger charge is -2.11. The van der Waals surface area contributed by atoms with Gasteiger partial charge in [0.15, 0.2) is 0 Å². The van der Waals surface area contributed by atoms with Gasteiger partial charge in [-0.3, -0.25) is 4.79 Å². The third-order valence-corrected chi connectivity index (χ3v) is 4.68. The molecule has 1 amide bonds. The van der Waals surface area contributed by atoms with E-state index in [0.717, 1.165) is 22.5 Å². The molecule has 0 fully saturated rings. The zero-order valence-corrected chi connectivity index (χ0v) is 16.9. The number of para-hydroxylation sites is 2. The van der Waals surface area contributed by atoms with Crippen LogP contribution >= 0.6 is 0 Å². The molecule has 0 unspecified atom stereocenters. The van der Waals surface area contributed by atoms with Crippen molar-refractivity contribution >= 4 is 34.9 Å². The van der Waals surface area contributed by atoms with E-state index in [2.05, 4.69) is 10.3 Å². The van der Waals surface area contributed by atoms with Crippen molar-refractivity contribution < 1.29 is 14.3 Å². The van der Waals surface area contributed by atoms with Gasteiger partial charge in [-0.25, -0.2) is 9.97 Å². The predicted molar refractivity (Wildman–Crippen MR) is 116 cm³/mol. The molecule has 0 aliphatic rings. The van der Waals surface area contributed by atoms with Crippen molar-refractivity contribution in [3.63, 3.8) is 0 Å². The van der Waals surface area contributed by atoms with Crippen LogP contribution in [0.15, 0.2) is 60.8 Å². The van der Waals surface area contributed by atoms with Gasteiger partial charge in [0.1, 0.15) is 23.1 Å². The van der Waals surface area contributed by atoms with Crippen molar-refractivity contribution in [3.05, 3.63) is 60.8 Å². The molecule has 2 heterocycles. The Morgan fingerprint density at radius 3 is 2.70 bits per heavy atom. The van der Waals surface area contributed by atoms with Crippen molar-refractivity contribution in [2.24, 2.45) is 7.05 Å². The molecule has 30 heavy (non-hydrogen) atoms. The van der Waals surface area contributed by atoms with Gasteiger partial charge in [-0.05, 0) is 30.3 Å². The Bertz CT molecular complexity index is 1200. The molecule has 152 valence electrons. The van der Waals surface area contributed by atoms with Gasteiger partial charge in [0.2, 0.25) is 12.4 Å². The Morgan fingerprint density at radius 1 is 1.10 bits per heavy atom. The minimum absolute atomic E-state index is 0.504. The molecule has 8 nitrogen and oxygen atoms in total. The number of nitrogens with one attached hydrogen (secondary N) is 1. The molecule has 1 N–H and O–H groups in total. The first-order valence-electron chi connectivity index (χ1n) is 9.27. The molecule has 0 spiro atoms. The van der Waals surface area contributed by atoms with Crippen molar-refractivity contribution in [2.45, 2.75) is 0 Å². The summed E-state index contributed by atoms with van der Waals surface area (Å²) in [5, 5.41) is 3.32. The predicted octanol–water partition coefficient (Wildman–Crippen LogP) is 4.11. The van der Waals surface area contributed by atoms with Crippen LogP contribution in [0.1, 0.15) is 0 Å². The summed E-state index contributed by atoms with van der Waals surface area (Å²) in [7, 11) is 5.21. The lowest BCUT2D eigenvalue weighted by atomic mass is 10.3. The van der Waals surface area contributed by atoms with E-state index in [1.807, 2.05) is 54.1 Å². The number of hydrogen-bond acceptors (Lipinski definition) is 6. The molecule has 0 bridgehead atoms. The molecular formula is C22H21N5O3. The molecule has 0 aliphatic carbocycles. The third-order valence-electron chi connectivity index (χ3n) is 4.68. The van der Waals surface area contributed by atoms with Gasteiger partial charge in [-0.15, -0.1) is 0 Å². The van der Waals surface area contributed by atoms with Crippen LogP contribution < -0.4 is 19.7 Å². The van der Waals surface area contributed by atoms with Crippen molar-refractivity contribution in [3.8, 4) is 17.2 Å². The number of carbonyl (C=O) groups is 1. The van der Waals surface area contributed by atoms with Crippen LogP contribution in [-0.4, -0.2) is 35.1 Å². The Morgan fingerprint density at radius 2 is 1.90 bits per heavy atom. The summed E-state index contributed by atoms with van der Waals surface area (Å²) in [4.78, 5) is 21.2. The average Bonchev–Trinajstić information content (AvgIpc) is 3.08. The van der Waals surface area contributed by atoms with E-state index in [1.54, 1.807) is 32.5 Å². The highest BCUT2D eigenvalue weighted by molar-refractivity contribution is 5.81. The fourth-order valence-electron chi connectivity index (χ4n) is 3.07. The first-order chi connectivity index (χ1) is 14.6. The Kier molecular flexibility index (Phi) is 5.21. The number of fused-ring (bicyclic) bond motifs is 1. The molecule has 0 saturated heterocycles. The summed E-state index contributed by atoms with van der Waals surface area (Å²) in [6.45, 7) is 0. The number of amides is 1. The summed E-state index contributed by atoms with van der Waals surface area (Å²) >= 11 is 0. The Balaban J connectivity index is 1.61. The highest BCUT2D eigenvalue weighted by atomic mass is 16.5. The maximum absolute atomic E-state index is 10.9. The summed E-state index contributed by atoms with van der Waals surface area (Å²) in [5.41, 5.74) is 2.57. The summed E-state index contributed by atoms with van der Waals surface area (Å²) in [5.74, 6) is 3.14. The van der Waals surface area contributed by atoms with Crippen LogP contribution in [0, 0.1) is 0 Å². The minimum atomic E-state index is 0.504. The number of ether oxygens (including phenoxy) is 2. The van der Waals surface area contributed by atoms with Gasteiger partial charge >= 0.3 is 0 Å². The van der Waals surface area contributed by atoms with E-state index in [0.29, 0.717) is 29.7 Å². The van der Waals surface area contributed by atoms with E-state index in [9.17, 15) is 4.79 Å². The summed E-state index contributed by atoms with van der Waals surface area (Å²) in [6.07, 6.45) is 2.29. The van der Waals surface area contributed by atoms with Gasteiger partial charge in [0.25, 0.3) is 0 Å². The number of hydrogen-bond donors (Lipinski definition) is 1. The van der Waals surface area contributed by atoms with Crippen LogP contribution in [0.3, 0.4) is 0 Å². The molecule has 4 rings (SSSR count). The highest BCUT2D eigenvalue weighted by Crippen LogP contribution is 2.31. The second kappa shape index (κ2) is 8.12. The number of carbonyl (C=O) groups excluding carboxylic acids is 1. The van der Waals surface area contributed by atoms with Gasteiger partial charge in [0.05, 0.1) is 23.8 Å². The quantitative estimate of drug-likeness (QED) is 0.468. The smallest absolute Gasteiger partial charge is 0.215 e. The number of rotatable bonds is 7. The van der Waals surface area contributed by atoms with E-state index >= 15 is 0 Å². The number of anilines is 3. The lowest BCUT2D eigenvalue weighted by molar-refractivity contribution is -0.107. The first-order valence-corrected chi connectivity index (χ1v) is 9.27. The summed E-state index contributed by atoms with van der Waals surface area (Å²) < 4.78 is 13.3. The summed E-state index contributed by atoms with van der Waals surface area (Å²) in [6, 6.07) is 16.8. The van der Waals surface area contributed by atoms with E-state index in [-0.39, 0.29) is 0 Å². The zero-order chi connectivity index (χ0) is 21.1. The van der Waals surface area contributed by atoms with Crippen LogP contribution in [0.2, 0.25) is 0 Å². The van der Waals surface area contributed by atoms with Crippen LogP contribution in [0.25, 0.3) is 11.0 Å². The Hall–Kier alpha value is -4.07. The van der Waals surface area contributed by atoms with Crippen molar-refractivity contribution in [1.29, 1.82) is 0 Å². The minimum Gasteiger partial charge on any atom is -0.495 e. The molecular weight excluding hydrogens is 382 g/mol. The first kappa shape index (κ1) is 19.3. The van der Waals surface area contributed by atoms with E-state index < -0.39 is 0 Å². The second-order valence-corrected chi connectivity index (χ2v) is 6.64. The molecule has 0 radical (unpaired) electrons. The largest absolute Gasteiger partial charge is 0.495 e. The molecule has 2 aromatic carbocycles. The average molecular weight is 403 g/mol. The van der Waals surface area contributed by atoms with Gasteiger partial charge in [-0.1, -0.05) is 12.1 Å². The number of nitrogens with zero attached hydrogens (tertiary/aromatic N) is 4. The molecule has 0 atom stereocenters. The number of aryl methyl sites for hydroxylation is 1.